The van der Waals surface area contributed by atoms with E-state index in [0.717, 1.165) is 33.7 Å². The van der Waals surface area contributed by atoms with Crippen LogP contribution in [0.3, 0.4) is 0 Å². The van der Waals surface area contributed by atoms with E-state index in [9.17, 15) is 14.9 Å². The van der Waals surface area contributed by atoms with Crippen LogP contribution in [0.1, 0.15) is 23.1 Å². The number of imide groups is 1. The first-order valence-corrected chi connectivity index (χ1v) is 11.3. The summed E-state index contributed by atoms with van der Waals surface area (Å²) in [5.74, 6) is -0.512. The highest BCUT2D eigenvalue weighted by atomic mass is 32.2. The van der Waals surface area contributed by atoms with Gasteiger partial charge < -0.3 is 5.73 Å². The summed E-state index contributed by atoms with van der Waals surface area (Å²) in [6, 6.07) is 17.6. The number of thioether (sulfide) groups is 1. The Morgan fingerprint density at radius 2 is 1.87 bits per heavy atom. The van der Waals surface area contributed by atoms with E-state index < -0.39 is 5.25 Å². The van der Waals surface area contributed by atoms with E-state index >= 15 is 0 Å². The monoisotopic (exact) mass is 431 g/mol. The predicted molar refractivity (Wildman–Crippen MR) is 119 cm³/mol. The molecule has 1 atom stereocenters. The summed E-state index contributed by atoms with van der Waals surface area (Å²) >= 11 is 2.74. The van der Waals surface area contributed by atoms with Gasteiger partial charge in [0.1, 0.15) is 11.1 Å². The first kappa shape index (κ1) is 18.9. The highest BCUT2D eigenvalue weighted by Crippen LogP contribution is 2.48. The van der Waals surface area contributed by atoms with Crippen molar-refractivity contribution in [2.45, 2.75) is 29.4 Å². The molecule has 0 unspecified atom stereocenters. The minimum Gasteiger partial charge on any atom is -0.399 e. The predicted octanol–water partition coefficient (Wildman–Crippen LogP) is 4.39. The van der Waals surface area contributed by atoms with Crippen LogP contribution in [0.15, 0.2) is 53.4 Å². The topological polar surface area (TPSA) is 87.2 Å². The van der Waals surface area contributed by atoms with Crippen LogP contribution >= 0.6 is 23.1 Å². The summed E-state index contributed by atoms with van der Waals surface area (Å²) in [5, 5.41) is 9.83. The molecular formula is C23H17N3O2S2. The summed E-state index contributed by atoms with van der Waals surface area (Å²) in [6.07, 6.45) is 1.72. The molecule has 1 saturated heterocycles. The molecule has 0 bridgehead atoms. The molecule has 1 fully saturated rings. The molecule has 2 heterocycles. The van der Waals surface area contributed by atoms with Crippen molar-refractivity contribution in [1.82, 2.24) is 0 Å². The number of benzene rings is 2. The number of hydrogen-bond acceptors (Lipinski definition) is 6. The molecule has 2 aliphatic rings. The van der Waals surface area contributed by atoms with E-state index in [0.29, 0.717) is 16.3 Å². The number of nitrogen functional groups attached to an aromatic ring is 1. The Labute approximate surface area is 182 Å². The molecule has 148 valence electrons. The van der Waals surface area contributed by atoms with Gasteiger partial charge in [-0.15, -0.1) is 23.1 Å². The highest BCUT2D eigenvalue weighted by Gasteiger charge is 2.43. The maximum Gasteiger partial charge on any atom is 0.248 e. The minimum atomic E-state index is -0.501. The fraction of sp³-hybridized carbons (Fsp3) is 0.174. The first-order valence-electron chi connectivity index (χ1n) is 9.60. The number of fused-ring (bicyclic) bond motifs is 3. The standard InChI is InChI=1S/C23H17N3O2S2/c24-12-18-17-10-5-13-3-1-2-4-16(13)21(17)30-23(18)26-20(27)11-19(22(26)28)29-15-8-6-14(25)7-9-15/h1-4,6-9,19H,5,10-11,25H2/t19-/m1/s1. The maximum absolute atomic E-state index is 13.2. The summed E-state index contributed by atoms with van der Waals surface area (Å²) in [4.78, 5) is 29.1. The van der Waals surface area contributed by atoms with Crippen LogP contribution < -0.4 is 10.6 Å². The van der Waals surface area contributed by atoms with Gasteiger partial charge in [0.25, 0.3) is 0 Å². The lowest BCUT2D eigenvalue weighted by molar-refractivity contribution is -0.121. The average Bonchev–Trinajstić information content (AvgIpc) is 3.25. The largest absolute Gasteiger partial charge is 0.399 e. The van der Waals surface area contributed by atoms with Crippen LogP contribution in [-0.2, 0) is 22.4 Å². The van der Waals surface area contributed by atoms with Crippen molar-refractivity contribution in [3.63, 3.8) is 0 Å². The van der Waals surface area contributed by atoms with Crippen molar-refractivity contribution >= 4 is 45.6 Å². The summed E-state index contributed by atoms with van der Waals surface area (Å²) in [7, 11) is 0. The smallest absolute Gasteiger partial charge is 0.248 e. The van der Waals surface area contributed by atoms with Crippen molar-refractivity contribution < 1.29 is 9.59 Å². The van der Waals surface area contributed by atoms with Crippen LogP contribution in [0.2, 0.25) is 0 Å². The van der Waals surface area contributed by atoms with E-state index in [-0.39, 0.29) is 18.2 Å². The van der Waals surface area contributed by atoms with Gasteiger partial charge >= 0.3 is 0 Å². The van der Waals surface area contributed by atoms with Gasteiger partial charge in [0.2, 0.25) is 11.8 Å². The Kier molecular flexibility index (Phi) is 4.61. The number of hydrogen-bond donors (Lipinski definition) is 1. The van der Waals surface area contributed by atoms with Crippen LogP contribution in [0.25, 0.3) is 10.4 Å². The zero-order chi connectivity index (χ0) is 20.8. The quantitative estimate of drug-likeness (QED) is 0.491. The molecule has 2 aromatic carbocycles. The van der Waals surface area contributed by atoms with E-state index in [1.807, 2.05) is 30.3 Å². The maximum atomic E-state index is 13.2. The molecule has 2 N–H and O–H groups in total. The van der Waals surface area contributed by atoms with Crippen LogP contribution in [0.5, 0.6) is 0 Å². The normalized spacial score (nSPS) is 17.6. The molecule has 1 aliphatic heterocycles. The molecule has 5 rings (SSSR count). The number of nitrogens with zero attached hydrogens (tertiary/aromatic N) is 2. The van der Waals surface area contributed by atoms with Gasteiger partial charge in [-0.1, -0.05) is 24.3 Å². The van der Waals surface area contributed by atoms with Gasteiger partial charge in [-0.05, 0) is 53.8 Å². The highest BCUT2D eigenvalue weighted by molar-refractivity contribution is 8.00. The fourth-order valence-electron chi connectivity index (χ4n) is 4.02. The van der Waals surface area contributed by atoms with Crippen LogP contribution in [0, 0.1) is 11.3 Å². The number of rotatable bonds is 3. The molecule has 3 aromatic rings. The summed E-state index contributed by atoms with van der Waals surface area (Å²) < 4.78 is 0. The Morgan fingerprint density at radius 1 is 1.10 bits per heavy atom. The average molecular weight is 432 g/mol. The zero-order valence-corrected chi connectivity index (χ0v) is 17.6. The molecule has 0 spiro atoms. The molecule has 0 radical (unpaired) electrons. The molecule has 0 saturated carbocycles. The van der Waals surface area contributed by atoms with E-state index in [1.54, 1.807) is 12.1 Å². The lowest BCUT2D eigenvalue weighted by atomic mass is 9.89. The Balaban J connectivity index is 1.51. The fourth-order valence-corrected chi connectivity index (χ4v) is 6.46. The van der Waals surface area contributed by atoms with Crippen molar-refractivity contribution in [3.05, 3.63) is 65.2 Å². The Morgan fingerprint density at radius 3 is 2.63 bits per heavy atom. The molecule has 1 aliphatic carbocycles. The van der Waals surface area contributed by atoms with Gasteiger partial charge in [0, 0.05) is 21.9 Å². The van der Waals surface area contributed by atoms with Crippen LogP contribution in [-0.4, -0.2) is 17.1 Å². The van der Waals surface area contributed by atoms with Gasteiger partial charge in [-0.3, -0.25) is 9.59 Å². The number of carbonyl (C=O) groups is 2. The summed E-state index contributed by atoms with van der Waals surface area (Å²) in [5.41, 5.74) is 10.1. The lowest BCUT2D eigenvalue weighted by Gasteiger charge is -2.15. The minimum absolute atomic E-state index is 0.123. The number of amides is 2. The lowest BCUT2D eigenvalue weighted by Crippen LogP contribution is -2.31. The Hall–Kier alpha value is -3.08. The van der Waals surface area contributed by atoms with Gasteiger partial charge in [-0.25, -0.2) is 4.90 Å². The molecule has 2 amide bonds. The van der Waals surface area contributed by atoms with Gasteiger partial charge in [0.15, 0.2) is 0 Å². The third kappa shape index (κ3) is 3.00. The number of carbonyl (C=O) groups excluding carboxylic acids is 2. The number of anilines is 2. The third-order valence-electron chi connectivity index (χ3n) is 5.47. The molecular weight excluding hydrogens is 414 g/mol. The van der Waals surface area contributed by atoms with Crippen molar-refractivity contribution in [2.75, 3.05) is 10.6 Å². The SMILES string of the molecule is N#Cc1c(N2C(=O)C[C@@H](Sc3ccc(N)cc3)C2=O)sc2c1CCc1ccccc1-2. The molecule has 30 heavy (non-hydrogen) atoms. The Bertz CT molecular complexity index is 1220. The van der Waals surface area contributed by atoms with E-state index in [2.05, 4.69) is 12.1 Å². The van der Waals surface area contributed by atoms with Crippen molar-refractivity contribution in [3.8, 4) is 16.5 Å². The van der Waals surface area contributed by atoms with E-state index in [4.69, 9.17) is 5.73 Å². The van der Waals surface area contributed by atoms with E-state index in [1.165, 1.54) is 33.6 Å². The summed E-state index contributed by atoms with van der Waals surface area (Å²) in [6.45, 7) is 0. The zero-order valence-electron chi connectivity index (χ0n) is 15.9. The number of aryl methyl sites for hydroxylation is 1. The second-order valence-corrected chi connectivity index (χ2v) is 9.58. The second kappa shape index (κ2) is 7.31. The number of nitrogens with two attached hydrogens (primary N) is 1. The van der Waals surface area contributed by atoms with Gasteiger partial charge in [0.05, 0.1) is 10.8 Å². The van der Waals surface area contributed by atoms with Crippen molar-refractivity contribution in [2.24, 2.45) is 0 Å². The number of nitriles is 1. The van der Waals surface area contributed by atoms with Crippen LogP contribution in [0.4, 0.5) is 10.7 Å². The molecule has 7 heteroatoms. The first-order chi connectivity index (χ1) is 14.6. The third-order valence-corrected chi connectivity index (χ3v) is 7.92. The van der Waals surface area contributed by atoms with Crippen molar-refractivity contribution in [1.29, 1.82) is 5.26 Å². The van der Waals surface area contributed by atoms with Gasteiger partial charge in [-0.2, -0.15) is 5.26 Å². The number of thiophene rings is 1. The second-order valence-electron chi connectivity index (χ2n) is 7.31. The molecule has 1 aromatic heterocycles. The molecule has 5 nitrogen and oxygen atoms in total.